The summed E-state index contributed by atoms with van der Waals surface area (Å²) in [7, 11) is -0.858. The van der Waals surface area contributed by atoms with E-state index in [1.807, 2.05) is 18.2 Å². The van der Waals surface area contributed by atoms with E-state index in [1.165, 1.54) is 25.5 Å². The van der Waals surface area contributed by atoms with Gasteiger partial charge in [-0.05, 0) is 45.6 Å². The van der Waals surface area contributed by atoms with Crippen LogP contribution in [0.2, 0.25) is 0 Å². The van der Waals surface area contributed by atoms with Crippen molar-refractivity contribution in [1.29, 1.82) is 5.41 Å². The van der Waals surface area contributed by atoms with E-state index in [0.29, 0.717) is 17.0 Å². The quantitative estimate of drug-likeness (QED) is 0.603. The molecule has 0 bridgehead atoms. The highest BCUT2D eigenvalue weighted by Crippen LogP contribution is 2.32. The third-order valence-corrected chi connectivity index (χ3v) is 8.16. The number of hydrogen-bond acceptors (Lipinski definition) is 6. The van der Waals surface area contributed by atoms with Gasteiger partial charge in [0.1, 0.15) is 0 Å². The van der Waals surface area contributed by atoms with E-state index in [1.54, 1.807) is 0 Å². The molecule has 2 heterocycles. The van der Waals surface area contributed by atoms with Gasteiger partial charge in [-0.25, -0.2) is 8.51 Å². The molecule has 0 spiro atoms. The van der Waals surface area contributed by atoms with Crippen LogP contribution in [0.3, 0.4) is 0 Å². The largest absolute Gasteiger partial charge is 0.382 e. The molecule has 2 aromatic rings. The summed E-state index contributed by atoms with van der Waals surface area (Å²) in [6, 6.07) is 6.07. The molecule has 1 saturated carbocycles. The van der Waals surface area contributed by atoms with Crippen molar-refractivity contribution in [2.45, 2.75) is 76.0 Å². The number of aromatic nitrogens is 2. The number of rotatable bonds is 7. The van der Waals surface area contributed by atoms with Crippen LogP contribution in [-0.4, -0.2) is 49.3 Å². The Balaban J connectivity index is 1.40. The molecule has 0 radical (unpaired) electrons. The Labute approximate surface area is 187 Å². The van der Waals surface area contributed by atoms with Crippen LogP contribution >= 0.6 is 0 Å². The number of hydrogen-bond donors (Lipinski definition) is 2. The lowest BCUT2D eigenvalue weighted by atomic mass is 9.98. The van der Waals surface area contributed by atoms with Gasteiger partial charge in [0.25, 0.3) is 0 Å². The molecule has 1 unspecified atom stereocenters. The van der Waals surface area contributed by atoms with Crippen molar-refractivity contribution >= 4 is 22.9 Å². The molecule has 4 rings (SSSR count). The fourth-order valence-electron chi connectivity index (χ4n) is 4.54. The van der Waals surface area contributed by atoms with Gasteiger partial charge < -0.3 is 15.2 Å². The number of piperidine rings is 1. The van der Waals surface area contributed by atoms with E-state index in [9.17, 15) is 4.21 Å². The fourth-order valence-corrected chi connectivity index (χ4v) is 6.26. The zero-order valence-electron chi connectivity index (χ0n) is 18.5. The lowest BCUT2D eigenvalue weighted by Gasteiger charge is -2.33. The summed E-state index contributed by atoms with van der Waals surface area (Å²) in [6.45, 7) is 5.78. The maximum Gasteiger partial charge on any atom is 0.230 e. The lowest BCUT2D eigenvalue weighted by Crippen LogP contribution is -2.39. The van der Waals surface area contributed by atoms with Gasteiger partial charge in [-0.2, -0.15) is 4.98 Å². The highest BCUT2D eigenvalue weighted by molar-refractivity contribution is 7.83. The normalized spacial score (nSPS) is 20.1. The van der Waals surface area contributed by atoms with Crippen LogP contribution < -0.4 is 5.32 Å². The van der Waals surface area contributed by atoms with Gasteiger partial charge in [0, 0.05) is 53.3 Å². The van der Waals surface area contributed by atoms with Crippen molar-refractivity contribution < 1.29 is 8.73 Å². The second-order valence-electron chi connectivity index (χ2n) is 8.94. The highest BCUT2D eigenvalue weighted by atomic mass is 32.2. The van der Waals surface area contributed by atoms with E-state index in [4.69, 9.17) is 9.93 Å². The van der Waals surface area contributed by atoms with E-state index in [-0.39, 0.29) is 12.0 Å². The first-order valence-electron chi connectivity index (χ1n) is 11.5. The van der Waals surface area contributed by atoms with E-state index >= 15 is 0 Å². The Morgan fingerprint density at radius 1 is 1.19 bits per heavy atom. The zero-order valence-corrected chi connectivity index (χ0v) is 19.3. The van der Waals surface area contributed by atoms with Crippen LogP contribution in [0, 0.1) is 5.41 Å². The smallest absolute Gasteiger partial charge is 0.230 e. The fraction of sp³-hybridized carbons (Fsp3) is 0.609. The molecule has 1 saturated heterocycles. The van der Waals surface area contributed by atoms with Crippen LogP contribution in [-0.2, 0) is 11.0 Å². The predicted octanol–water partition coefficient (Wildman–Crippen LogP) is 4.73. The topological polar surface area (TPSA) is 95.1 Å². The second-order valence-corrected chi connectivity index (χ2v) is 10.7. The van der Waals surface area contributed by atoms with Crippen molar-refractivity contribution in [2.75, 3.05) is 18.4 Å². The van der Waals surface area contributed by atoms with Gasteiger partial charge >= 0.3 is 0 Å². The molecule has 168 valence electrons. The first-order chi connectivity index (χ1) is 15.0. The minimum Gasteiger partial charge on any atom is -0.382 e. The molecular formula is C23H33N5O2S. The maximum absolute atomic E-state index is 12.9. The van der Waals surface area contributed by atoms with E-state index in [2.05, 4.69) is 33.6 Å². The molecule has 31 heavy (non-hydrogen) atoms. The van der Waals surface area contributed by atoms with Crippen molar-refractivity contribution in [3.63, 3.8) is 0 Å². The molecule has 1 aromatic carbocycles. The first kappa shape index (κ1) is 22.1. The molecule has 2 N–H and O–H groups in total. The predicted molar refractivity (Wildman–Crippen MR) is 125 cm³/mol. The minimum absolute atomic E-state index is 0.218. The van der Waals surface area contributed by atoms with Gasteiger partial charge in [-0.1, -0.05) is 36.6 Å². The average Bonchev–Trinajstić information content (AvgIpc) is 3.29. The SMILES string of the molecule is CC(C)Nc1cc(-c2noc(C3CCN(S(=O)C4CCCCC4)CC3)n2)ccc1C=N. The Hall–Kier alpha value is -2.06. The van der Waals surface area contributed by atoms with Crippen molar-refractivity contribution in [1.82, 2.24) is 14.4 Å². The average molecular weight is 444 g/mol. The van der Waals surface area contributed by atoms with E-state index < -0.39 is 11.0 Å². The van der Waals surface area contributed by atoms with Crippen LogP contribution in [0.25, 0.3) is 11.4 Å². The molecule has 1 aliphatic carbocycles. The Kier molecular flexibility index (Phi) is 7.17. The van der Waals surface area contributed by atoms with Crippen LogP contribution in [0.15, 0.2) is 22.7 Å². The molecule has 1 aliphatic heterocycles. The molecule has 2 fully saturated rings. The van der Waals surface area contributed by atoms with Gasteiger partial charge in [-0.3, -0.25) is 0 Å². The Morgan fingerprint density at radius 3 is 2.61 bits per heavy atom. The summed E-state index contributed by atoms with van der Waals surface area (Å²) in [5, 5.41) is 15.6. The van der Waals surface area contributed by atoms with Crippen molar-refractivity contribution in [2.24, 2.45) is 0 Å². The maximum atomic E-state index is 12.9. The summed E-state index contributed by atoms with van der Waals surface area (Å²) in [5.41, 5.74) is 2.60. The van der Waals surface area contributed by atoms with Gasteiger partial charge in [0.15, 0.2) is 0 Å². The molecule has 7 nitrogen and oxygen atoms in total. The Bertz CT molecular complexity index is 914. The molecule has 0 amide bonds. The monoisotopic (exact) mass is 443 g/mol. The van der Waals surface area contributed by atoms with E-state index in [0.717, 1.165) is 55.6 Å². The van der Waals surface area contributed by atoms with Crippen LogP contribution in [0.5, 0.6) is 0 Å². The van der Waals surface area contributed by atoms with Crippen LogP contribution in [0.4, 0.5) is 5.69 Å². The van der Waals surface area contributed by atoms with Crippen molar-refractivity contribution in [3.05, 3.63) is 29.7 Å². The number of benzene rings is 1. The molecule has 1 aromatic heterocycles. The van der Waals surface area contributed by atoms with Gasteiger partial charge in [0.05, 0.1) is 11.0 Å². The summed E-state index contributed by atoms with van der Waals surface area (Å²) in [5.74, 6) is 1.47. The number of anilines is 1. The van der Waals surface area contributed by atoms with Crippen molar-refractivity contribution in [3.8, 4) is 11.4 Å². The van der Waals surface area contributed by atoms with Gasteiger partial charge in [0.2, 0.25) is 11.7 Å². The molecular weight excluding hydrogens is 410 g/mol. The Morgan fingerprint density at radius 2 is 1.94 bits per heavy atom. The summed E-state index contributed by atoms with van der Waals surface area (Å²) >= 11 is 0. The molecule has 1 atom stereocenters. The third-order valence-electron chi connectivity index (χ3n) is 6.25. The third kappa shape index (κ3) is 5.23. The summed E-state index contributed by atoms with van der Waals surface area (Å²) in [6.07, 6.45) is 9.06. The zero-order chi connectivity index (χ0) is 21.8. The molecule has 8 heteroatoms. The standard InChI is InChI=1S/C23H33N5O2S/c1-16(2)25-21-14-18(8-9-19(21)15-24)22-26-23(30-27-22)17-10-12-28(13-11-17)31(29)20-6-4-3-5-7-20/h8-9,14-17,20,24-25H,3-7,10-13H2,1-2H3. The minimum atomic E-state index is -0.858. The summed E-state index contributed by atoms with van der Waals surface area (Å²) in [4.78, 5) is 4.68. The first-order valence-corrected chi connectivity index (χ1v) is 12.6. The van der Waals surface area contributed by atoms with Crippen LogP contribution in [0.1, 0.15) is 76.2 Å². The molecule has 2 aliphatic rings. The number of nitrogens with zero attached hydrogens (tertiary/aromatic N) is 3. The summed E-state index contributed by atoms with van der Waals surface area (Å²) < 4.78 is 20.7. The number of nitrogens with one attached hydrogen (secondary N) is 2. The highest BCUT2D eigenvalue weighted by Gasteiger charge is 2.31. The van der Waals surface area contributed by atoms with Gasteiger partial charge in [-0.15, -0.1) is 0 Å². The lowest BCUT2D eigenvalue weighted by molar-refractivity contribution is 0.275. The second kappa shape index (κ2) is 10.0.